The van der Waals surface area contributed by atoms with Gasteiger partial charge in [0.2, 0.25) is 17.7 Å². The lowest BCUT2D eigenvalue weighted by molar-refractivity contribution is -0.138. The first-order valence-electron chi connectivity index (χ1n) is 11.6. The van der Waals surface area contributed by atoms with Crippen molar-refractivity contribution in [1.29, 1.82) is 0 Å². The van der Waals surface area contributed by atoms with Crippen LogP contribution in [0.15, 0.2) is 54.6 Å². The molecule has 1 aliphatic heterocycles. The third kappa shape index (κ3) is 6.85. The number of piperidine rings is 1. The topological polar surface area (TPSA) is 114 Å². The molecule has 1 saturated heterocycles. The summed E-state index contributed by atoms with van der Waals surface area (Å²) in [5.41, 5.74) is 0.596. The molecule has 35 heavy (non-hydrogen) atoms. The molecular weight excluding hydrogens is 466 g/mol. The van der Waals surface area contributed by atoms with Crippen LogP contribution in [0.5, 0.6) is 5.75 Å². The van der Waals surface area contributed by atoms with Crippen LogP contribution in [0.1, 0.15) is 38.2 Å². The normalized spacial score (nSPS) is 18.3. The number of amides is 4. The standard InChI is InChI=1S/C26H31N3O5S/c1-3-26(15-13-22(30)29-25(26)33)18-9-11-19(12-10-18)27-24(32)21(14-16-35-2)28-23(31)17-34-20-7-5-4-6-8-20/h4-12,21H,3,13-17H2,1-2H3,(H,27,32)(H,28,31)(H,29,30,33). The Bertz CT molecular complexity index is 1040. The molecule has 2 atom stereocenters. The molecule has 9 heteroatoms. The van der Waals surface area contributed by atoms with Crippen molar-refractivity contribution in [1.82, 2.24) is 10.6 Å². The highest BCUT2D eigenvalue weighted by Gasteiger charge is 2.42. The third-order valence-corrected chi connectivity index (χ3v) is 6.79. The Kier molecular flexibility index (Phi) is 9.31. The Labute approximate surface area is 209 Å². The maximum absolute atomic E-state index is 12.9. The molecular formula is C26H31N3O5S. The van der Waals surface area contributed by atoms with Crippen molar-refractivity contribution >= 4 is 41.1 Å². The van der Waals surface area contributed by atoms with Gasteiger partial charge in [0.15, 0.2) is 6.61 Å². The first kappa shape index (κ1) is 26.3. The number of carbonyl (C=O) groups is 4. The number of nitrogens with one attached hydrogen (secondary N) is 3. The third-order valence-electron chi connectivity index (χ3n) is 6.15. The summed E-state index contributed by atoms with van der Waals surface area (Å²) in [6.07, 6.45) is 3.71. The van der Waals surface area contributed by atoms with E-state index in [1.807, 2.05) is 31.4 Å². The maximum atomic E-state index is 12.9. The minimum absolute atomic E-state index is 0.189. The van der Waals surface area contributed by atoms with Crippen LogP contribution in [0.3, 0.4) is 0 Å². The van der Waals surface area contributed by atoms with Gasteiger partial charge in [-0.15, -0.1) is 0 Å². The molecule has 1 heterocycles. The number of para-hydroxylation sites is 1. The molecule has 3 N–H and O–H groups in total. The first-order valence-corrected chi connectivity index (χ1v) is 13.0. The van der Waals surface area contributed by atoms with Gasteiger partial charge >= 0.3 is 0 Å². The number of carbonyl (C=O) groups excluding carboxylic acids is 4. The van der Waals surface area contributed by atoms with E-state index in [1.54, 1.807) is 48.2 Å². The molecule has 0 bridgehead atoms. The number of ether oxygens (including phenoxy) is 1. The van der Waals surface area contributed by atoms with Crippen molar-refractivity contribution in [2.75, 3.05) is 23.9 Å². The molecule has 0 aliphatic carbocycles. The van der Waals surface area contributed by atoms with Crippen LogP contribution >= 0.6 is 11.8 Å². The van der Waals surface area contributed by atoms with Gasteiger partial charge in [-0.25, -0.2) is 0 Å². The quantitative estimate of drug-likeness (QED) is 0.411. The van der Waals surface area contributed by atoms with Crippen molar-refractivity contribution in [2.45, 2.75) is 44.1 Å². The zero-order valence-corrected chi connectivity index (χ0v) is 20.8. The highest BCUT2D eigenvalue weighted by atomic mass is 32.2. The summed E-state index contributed by atoms with van der Waals surface area (Å²) in [4.78, 5) is 49.5. The van der Waals surface area contributed by atoms with Crippen LogP contribution < -0.4 is 20.7 Å². The van der Waals surface area contributed by atoms with E-state index in [9.17, 15) is 19.2 Å². The minimum atomic E-state index is -0.760. The number of imide groups is 1. The van der Waals surface area contributed by atoms with Crippen molar-refractivity contribution in [3.05, 3.63) is 60.2 Å². The summed E-state index contributed by atoms with van der Waals surface area (Å²) in [5.74, 6) is 0.0259. The Morgan fingerprint density at radius 3 is 2.46 bits per heavy atom. The van der Waals surface area contributed by atoms with Gasteiger partial charge in [0.05, 0.1) is 5.41 Å². The van der Waals surface area contributed by atoms with Gasteiger partial charge < -0.3 is 15.4 Å². The van der Waals surface area contributed by atoms with Crippen LogP contribution in [0.25, 0.3) is 0 Å². The lowest BCUT2D eigenvalue weighted by Crippen LogP contribution is -2.51. The predicted molar refractivity (Wildman–Crippen MR) is 136 cm³/mol. The Hall–Kier alpha value is -3.33. The zero-order chi connectivity index (χ0) is 25.3. The second-order valence-electron chi connectivity index (χ2n) is 8.38. The van der Waals surface area contributed by atoms with Gasteiger partial charge in [-0.05, 0) is 61.1 Å². The summed E-state index contributed by atoms with van der Waals surface area (Å²) in [5, 5.41) is 8.05. The molecule has 0 radical (unpaired) electrons. The van der Waals surface area contributed by atoms with Gasteiger partial charge in [0.25, 0.3) is 5.91 Å². The van der Waals surface area contributed by atoms with E-state index in [1.165, 1.54) is 0 Å². The highest BCUT2D eigenvalue weighted by Crippen LogP contribution is 2.36. The Morgan fingerprint density at radius 1 is 1.11 bits per heavy atom. The lowest BCUT2D eigenvalue weighted by Gasteiger charge is -2.35. The summed E-state index contributed by atoms with van der Waals surface area (Å²) in [7, 11) is 0. The maximum Gasteiger partial charge on any atom is 0.258 e. The smallest absolute Gasteiger partial charge is 0.258 e. The highest BCUT2D eigenvalue weighted by molar-refractivity contribution is 7.98. The number of rotatable bonds is 11. The van der Waals surface area contributed by atoms with Crippen molar-refractivity contribution < 1.29 is 23.9 Å². The van der Waals surface area contributed by atoms with Crippen molar-refractivity contribution in [3.8, 4) is 5.75 Å². The van der Waals surface area contributed by atoms with Crippen LogP contribution in [-0.2, 0) is 24.6 Å². The van der Waals surface area contributed by atoms with Crippen LogP contribution in [0, 0.1) is 0 Å². The summed E-state index contributed by atoms with van der Waals surface area (Å²) >= 11 is 1.59. The Balaban J connectivity index is 1.63. The fourth-order valence-electron chi connectivity index (χ4n) is 4.07. The fourth-order valence-corrected chi connectivity index (χ4v) is 4.55. The molecule has 3 rings (SSSR count). The van der Waals surface area contributed by atoms with E-state index in [4.69, 9.17) is 4.74 Å². The van der Waals surface area contributed by atoms with Gasteiger partial charge in [-0.2, -0.15) is 11.8 Å². The number of hydrogen-bond acceptors (Lipinski definition) is 6. The molecule has 0 aromatic heterocycles. The average Bonchev–Trinajstić information content (AvgIpc) is 2.87. The van der Waals surface area contributed by atoms with E-state index in [-0.39, 0.29) is 30.2 Å². The molecule has 4 amide bonds. The average molecular weight is 498 g/mol. The minimum Gasteiger partial charge on any atom is -0.484 e. The summed E-state index contributed by atoms with van der Waals surface area (Å²) in [6.45, 7) is 1.73. The second kappa shape index (κ2) is 12.4. The molecule has 2 aromatic rings. The number of thioether (sulfide) groups is 1. The Morgan fingerprint density at radius 2 is 1.83 bits per heavy atom. The van der Waals surface area contributed by atoms with E-state index in [2.05, 4.69) is 16.0 Å². The molecule has 1 fully saturated rings. The molecule has 0 saturated carbocycles. The van der Waals surface area contributed by atoms with Gasteiger partial charge in [-0.3, -0.25) is 24.5 Å². The molecule has 8 nitrogen and oxygen atoms in total. The monoisotopic (exact) mass is 497 g/mol. The van der Waals surface area contributed by atoms with E-state index < -0.39 is 11.5 Å². The van der Waals surface area contributed by atoms with Gasteiger partial charge in [0.1, 0.15) is 11.8 Å². The van der Waals surface area contributed by atoms with Crippen molar-refractivity contribution in [3.63, 3.8) is 0 Å². The number of hydrogen-bond donors (Lipinski definition) is 3. The zero-order valence-electron chi connectivity index (χ0n) is 20.0. The van der Waals surface area contributed by atoms with E-state index in [0.29, 0.717) is 42.9 Å². The second-order valence-corrected chi connectivity index (χ2v) is 9.37. The predicted octanol–water partition coefficient (Wildman–Crippen LogP) is 3.03. The van der Waals surface area contributed by atoms with Crippen LogP contribution in [-0.4, -0.2) is 48.3 Å². The van der Waals surface area contributed by atoms with Crippen molar-refractivity contribution in [2.24, 2.45) is 0 Å². The SMILES string of the molecule is CCC1(c2ccc(NC(=O)C(CCSC)NC(=O)COc3ccccc3)cc2)CCC(=O)NC1=O. The largest absolute Gasteiger partial charge is 0.484 e. The fraction of sp³-hybridized carbons (Fsp3) is 0.385. The lowest BCUT2D eigenvalue weighted by atomic mass is 9.72. The van der Waals surface area contributed by atoms with Gasteiger partial charge in [0, 0.05) is 12.1 Å². The summed E-state index contributed by atoms with van der Waals surface area (Å²) in [6, 6.07) is 15.4. The number of benzene rings is 2. The van der Waals surface area contributed by atoms with Gasteiger partial charge in [-0.1, -0.05) is 37.3 Å². The van der Waals surface area contributed by atoms with Crippen LogP contribution in [0.2, 0.25) is 0 Å². The molecule has 1 aliphatic rings. The van der Waals surface area contributed by atoms with E-state index in [0.717, 1.165) is 5.56 Å². The summed E-state index contributed by atoms with van der Waals surface area (Å²) < 4.78 is 5.47. The molecule has 186 valence electrons. The first-order chi connectivity index (χ1) is 16.9. The molecule has 2 aromatic carbocycles. The van der Waals surface area contributed by atoms with E-state index >= 15 is 0 Å². The molecule has 0 spiro atoms. The molecule has 2 unspecified atom stereocenters. The van der Waals surface area contributed by atoms with Crippen LogP contribution in [0.4, 0.5) is 5.69 Å². The number of anilines is 1.